The van der Waals surface area contributed by atoms with Crippen LogP contribution in [0.4, 0.5) is 0 Å². The second-order valence-corrected chi connectivity index (χ2v) is 6.31. The number of nitrogens with one attached hydrogen (secondary N) is 1. The number of amides is 1. The van der Waals surface area contributed by atoms with Crippen LogP contribution in [0.25, 0.3) is 0 Å². The number of hydrogen-bond acceptors (Lipinski definition) is 3. The molecule has 1 aliphatic rings. The lowest BCUT2D eigenvalue weighted by atomic mass is 10.0. The summed E-state index contributed by atoms with van der Waals surface area (Å²) in [4.78, 5) is 14.6. The summed E-state index contributed by atoms with van der Waals surface area (Å²) in [6, 6.07) is 5.35. The van der Waals surface area contributed by atoms with Gasteiger partial charge in [0.15, 0.2) is 6.10 Å². The third-order valence-electron chi connectivity index (χ3n) is 3.97. The van der Waals surface area contributed by atoms with Crippen molar-refractivity contribution < 1.29 is 9.53 Å². The van der Waals surface area contributed by atoms with Gasteiger partial charge in [0.2, 0.25) is 0 Å². The van der Waals surface area contributed by atoms with E-state index in [1.54, 1.807) is 25.1 Å². The predicted octanol–water partition coefficient (Wildman–Crippen LogP) is 3.36. The molecule has 0 spiro atoms. The molecule has 1 amide bonds. The summed E-state index contributed by atoms with van der Waals surface area (Å²) in [5, 5.41) is 3.80. The van der Waals surface area contributed by atoms with Crippen LogP contribution in [-0.4, -0.2) is 42.6 Å². The Kier molecular flexibility index (Phi) is 6.36. The molecule has 0 aliphatic carbocycles. The van der Waals surface area contributed by atoms with Crippen molar-refractivity contribution >= 4 is 29.1 Å². The van der Waals surface area contributed by atoms with Crippen LogP contribution >= 0.6 is 23.2 Å². The topological polar surface area (TPSA) is 41.6 Å². The lowest BCUT2D eigenvalue weighted by Crippen LogP contribution is -2.48. The molecule has 2 rings (SSSR count). The van der Waals surface area contributed by atoms with Gasteiger partial charge in [0.25, 0.3) is 5.91 Å². The number of rotatable bonds is 5. The maximum atomic E-state index is 12.2. The number of carbonyl (C=O) groups excluding carboxylic acids is 1. The summed E-state index contributed by atoms with van der Waals surface area (Å²) < 4.78 is 5.63. The molecule has 1 aromatic carbocycles. The molecule has 6 heteroatoms. The number of nitrogens with zero attached hydrogens (tertiary/aromatic N) is 1. The van der Waals surface area contributed by atoms with E-state index in [1.807, 2.05) is 0 Å². The first kappa shape index (κ1) is 17.4. The maximum Gasteiger partial charge on any atom is 0.260 e. The molecule has 22 heavy (non-hydrogen) atoms. The van der Waals surface area contributed by atoms with Crippen LogP contribution in [0, 0.1) is 0 Å². The lowest BCUT2D eigenvalue weighted by molar-refractivity contribution is -0.128. The second-order valence-electron chi connectivity index (χ2n) is 5.53. The zero-order chi connectivity index (χ0) is 16.1. The van der Waals surface area contributed by atoms with Crippen LogP contribution in [-0.2, 0) is 4.79 Å². The molecular weight excluding hydrogens is 323 g/mol. The Morgan fingerprint density at radius 1 is 1.41 bits per heavy atom. The molecule has 1 N–H and O–H groups in total. The van der Waals surface area contributed by atoms with Gasteiger partial charge in [0.05, 0.1) is 5.02 Å². The molecule has 1 atom stereocenters. The molecule has 122 valence electrons. The number of ether oxygens (including phenoxy) is 1. The largest absolute Gasteiger partial charge is 0.479 e. The van der Waals surface area contributed by atoms with Crippen LogP contribution in [0.3, 0.4) is 0 Å². The van der Waals surface area contributed by atoms with Crippen molar-refractivity contribution in [2.75, 3.05) is 19.6 Å². The zero-order valence-corrected chi connectivity index (χ0v) is 14.5. The summed E-state index contributed by atoms with van der Waals surface area (Å²) >= 11 is 12.0. The minimum Gasteiger partial charge on any atom is -0.479 e. The van der Waals surface area contributed by atoms with Gasteiger partial charge in [-0.2, -0.15) is 0 Å². The Hall–Kier alpha value is -0.970. The first-order valence-corrected chi connectivity index (χ1v) is 8.40. The molecule has 4 nitrogen and oxygen atoms in total. The number of carbonyl (C=O) groups is 1. The molecule has 0 bridgehead atoms. The van der Waals surface area contributed by atoms with E-state index in [9.17, 15) is 4.79 Å². The van der Waals surface area contributed by atoms with Gasteiger partial charge in [-0.05, 0) is 38.4 Å². The quantitative estimate of drug-likeness (QED) is 0.890. The van der Waals surface area contributed by atoms with Gasteiger partial charge in [-0.1, -0.05) is 36.2 Å². The van der Waals surface area contributed by atoms with Crippen LogP contribution < -0.4 is 10.1 Å². The van der Waals surface area contributed by atoms with Gasteiger partial charge in [-0.15, -0.1) is 0 Å². The number of halogens is 2. The highest BCUT2D eigenvalue weighted by atomic mass is 35.5. The lowest BCUT2D eigenvalue weighted by Gasteiger charge is -2.32. The highest BCUT2D eigenvalue weighted by Crippen LogP contribution is 2.32. The van der Waals surface area contributed by atoms with Crippen LogP contribution in [0.15, 0.2) is 18.2 Å². The first-order chi connectivity index (χ1) is 10.5. The third kappa shape index (κ3) is 4.51. The number of hydrogen-bond donors (Lipinski definition) is 1. The van der Waals surface area contributed by atoms with Crippen molar-refractivity contribution in [2.45, 2.75) is 38.8 Å². The van der Waals surface area contributed by atoms with Crippen molar-refractivity contribution in [3.8, 4) is 5.75 Å². The Morgan fingerprint density at radius 3 is 2.73 bits per heavy atom. The van der Waals surface area contributed by atoms with E-state index >= 15 is 0 Å². The van der Waals surface area contributed by atoms with E-state index in [0.717, 1.165) is 32.5 Å². The maximum absolute atomic E-state index is 12.2. The highest BCUT2D eigenvalue weighted by Gasteiger charge is 2.23. The number of benzene rings is 1. The van der Waals surface area contributed by atoms with Gasteiger partial charge in [0, 0.05) is 19.1 Å². The van der Waals surface area contributed by atoms with Crippen molar-refractivity contribution in [1.82, 2.24) is 10.2 Å². The molecule has 1 aromatic rings. The Labute approximate surface area is 141 Å². The van der Waals surface area contributed by atoms with Crippen molar-refractivity contribution in [1.29, 1.82) is 0 Å². The minimum absolute atomic E-state index is 0.119. The fourth-order valence-corrected chi connectivity index (χ4v) is 2.87. The van der Waals surface area contributed by atoms with Crippen molar-refractivity contribution in [3.05, 3.63) is 28.2 Å². The van der Waals surface area contributed by atoms with E-state index in [-0.39, 0.29) is 11.9 Å². The summed E-state index contributed by atoms with van der Waals surface area (Å²) in [7, 11) is 0. The average molecular weight is 345 g/mol. The SMILES string of the molecule is CCN1CCC(NC(=O)C(C)Oc2cccc(Cl)c2Cl)CC1. The summed E-state index contributed by atoms with van der Waals surface area (Å²) in [6.45, 7) is 6.98. The molecule has 1 unspecified atom stereocenters. The fraction of sp³-hybridized carbons (Fsp3) is 0.562. The molecule has 0 saturated carbocycles. The average Bonchev–Trinajstić information content (AvgIpc) is 2.52. The molecular formula is C16H22Cl2N2O2. The van der Waals surface area contributed by atoms with Crippen LogP contribution in [0.5, 0.6) is 5.75 Å². The van der Waals surface area contributed by atoms with Crippen LogP contribution in [0.1, 0.15) is 26.7 Å². The number of piperidine rings is 1. The molecule has 0 radical (unpaired) electrons. The smallest absolute Gasteiger partial charge is 0.260 e. The summed E-state index contributed by atoms with van der Waals surface area (Å²) in [6.07, 6.45) is 1.34. The standard InChI is InChI=1S/C16H22Cl2N2O2/c1-3-20-9-7-12(8-10-20)19-16(21)11(2)22-14-6-4-5-13(17)15(14)18/h4-6,11-12H,3,7-10H2,1-2H3,(H,19,21). The minimum atomic E-state index is -0.611. The van der Waals surface area contributed by atoms with Crippen molar-refractivity contribution in [3.63, 3.8) is 0 Å². The Bertz CT molecular complexity index is 517. The monoisotopic (exact) mass is 344 g/mol. The number of likely N-dealkylation sites (tertiary alicyclic amines) is 1. The fourth-order valence-electron chi connectivity index (χ4n) is 2.53. The van der Waals surface area contributed by atoms with E-state index in [1.165, 1.54) is 0 Å². The van der Waals surface area contributed by atoms with Crippen molar-refractivity contribution in [2.24, 2.45) is 0 Å². The molecule has 1 fully saturated rings. The Morgan fingerprint density at radius 2 is 2.09 bits per heavy atom. The van der Waals surface area contributed by atoms with E-state index in [0.29, 0.717) is 15.8 Å². The van der Waals surface area contributed by atoms with E-state index < -0.39 is 6.10 Å². The first-order valence-electron chi connectivity index (χ1n) is 7.64. The van der Waals surface area contributed by atoms with Gasteiger partial charge in [-0.3, -0.25) is 4.79 Å². The van der Waals surface area contributed by atoms with Gasteiger partial charge < -0.3 is 15.0 Å². The summed E-state index contributed by atoms with van der Waals surface area (Å²) in [5.74, 6) is 0.309. The van der Waals surface area contributed by atoms with Gasteiger partial charge in [0.1, 0.15) is 10.8 Å². The van der Waals surface area contributed by atoms with Crippen LogP contribution in [0.2, 0.25) is 10.0 Å². The normalized spacial score (nSPS) is 18.0. The molecule has 0 aromatic heterocycles. The van der Waals surface area contributed by atoms with E-state index in [4.69, 9.17) is 27.9 Å². The van der Waals surface area contributed by atoms with Gasteiger partial charge in [-0.25, -0.2) is 0 Å². The predicted molar refractivity (Wildman–Crippen MR) is 89.8 cm³/mol. The van der Waals surface area contributed by atoms with E-state index in [2.05, 4.69) is 17.1 Å². The molecule has 1 saturated heterocycles. The molecule has 1 heterocycles. The Balaban J connectivity index is 1.86. The zero-order valence-electron chi connectivity index (χ0n) is 12.9. The molecule has 1 aliphatic heterocycles. The van der Waals surface area contributed by atoms with Gasteiger partial charge >= 0.3 is 0 Å². The third-order valence-corrected chi connectivity index (χ3v) is 4.77. The summed E-state index contributed by atoms with van der Waals surface area (Å²) in [5.41, 5.74) is 0. The highest BCUT2D eigenvalue weighted by molar-refractivity contribution is 6.42. The second kappa shape index (κ2) is 8.04.